The molecule has 1 heterocycles. The summed E-state index contributed by atoms with van der Waals surface area (Å²) in [6.45, 7) is 5.46. The fourth-order valence-electron chi connectivity index (χ4n) is 2.67. The maximum atomic E-state index is 3.64. The molecule has 1 atom stereocenters. The molecule has 1 N–H and O–H groups in total. The average molecular weight is 305 g/mol. The number of fused-ring (bicyclic) bond motifs is 1. The Bertz CT molecular complexity index is 567. The zero-order valence-electron chi connectivity index (χ0n) is 10.5. The Morgan fingerprint density at radius 3 is 2.72 bits per heavy atom. The monoisotopic (exact) mass is 304 g/mol. The van der Waals surface area contributed by atoms with Gasteiger partial charge in [0.05, 0.1) is 0 Å². The van der Waals surface area contributed by atoms with E-state index in [9.17, 15) is 0 Å². The number of nitrogens with one attached hydrogen (secondary N) is 1. The van der Waals surface area contributed by atoms with E-state index in [-0.39, 0.29) is 0 Å². The van der Waals surface area contributed by atoms with Gasteiger partial charge in [0.1, 0.15) is 0 Å². The van der Waals surface area contributed by atoms with Gasteiger partial charge < -0.3 is 10.2 Å². The molecule has 3 rings (SSSR count). The van der Waals surface area contributed by atoms with Crippen LogP contribution in [0.4, 0.5) is 5.69 Å². The topological polar surface area (TPSA) is 15.3 Å². The van der Waals surface area contributed by atoms with E-state index < -0.39 is 0 Å². The summed E-state index contributed by atoms with van der Waals surface area (Å²) < 4.78 is 1.17. The highest BCUT2D eigenvalue weighted by Gasteiger charge is 2.17. The normalized spacial score (nSPS) is 20.3. The minimum Gasteiger partial charge on any atom is -0.368 e. The average Bonchev–Trinajstić information content (AvgIpc) is 2.39. The summed E-state index contributed by atoms with van der Waals surface area (Å²) in [6.07, 6.45) is 0. The van der Waals surface area contributed by atoms with Gasteiger partial charge in [-0.25, -0.2) is 0 Å². The van der Waals surface area contributed by atoms with Crippen molar-refractivity contribution in [2.24, 2.45) is 0 Å². The Balaban J connectivity index is 2.09. The van der Waals surface area contributed by atoms with Crippen LogP contribution < -0.4 is 10.2 Å². The zero-order valence-corrected chi connectivity index (χ0v) is 12.1. The van der Waals surface area contributed by atoms with E-state index in [0.29, 0.717) is 6.04 Å². The molecular formula is C15H17BrN2. The van der Waals surface area contributed by atoms with Crippen molar-refractivity contribution >= 4 is 32.4 Å². The fourth-order valence-corrected chi connectivity index (χ4v) is 3.15. The molecule has 0 bridgehead atoms. The van der Waals surface area contributed by atoms with Crippen LogP contribution in [0.5, 0.6) is 0 Å². The maximum Gasteiger partial charge on any atom is 0.0447 e. The summed E-state index contributed by atoms with van der Waals surface area (Å²) >= 11 is 3.64. The van der Waals surface area contributed by atoms with Crippen molar-refractivity contribution in [3.8, 4) is 0 Å². The van der Waals surface area contributed by atoms with Crippen molar-refractivity contribution < 1.29 is 0 Å². The first-order valence-corrected chi connectivity index (χ1v) is 7.20. The first kappa shape index (κ1) is 12.0. The van der Waals surface area contributed by atoms with E-state index in [4.69, 9.17) is 0 Å². The molecule has 0 saturated carbocycles. The van der Waals surface area contributed by atoms with Crippen molar-refractivity contribution in [1.29, 1.82) is 0 Å². The lowest BCUT2D eigenvalue weighted by Gasteiger charge is -2.34. The van der Waals surface area contributed by atoms with Crippen LogP contribution in [0.1, 0.15) is 6.92 Å². The number of benzene rings is 2. The molecule has 1 unspecified atom stereocenters. The molecular weight excluding hydrogens is 288 g/mol. The van der Waals surface area contributed by atoms with E-state index in [1.54, 1.807) is 0 Å². The molecule has 3 heteroatoms. The largest absolute Gasteiger partial charge is 0.368 e. The second-order valence-electron chi connectivity index (χ2n) is 4.91. The number of nitrogens with zero attached hydrogens (tertiary/aromatic N) is 1. The Labute approximate surface area is 116 Å². The third-order valence-electron chi connectivity index (χ3n) is 3.56. The highest BCUT2D eigenvalue weighted by Crippen LogP contribution is 2.32. The Hall–Kier alpha value is -1.06. The lowest BCUT2D eigenvalue weighted by atomic mass is 10.1. The molecule has 2 aromatic rings. The number of hydrogen-bond donors (Lipinski definition) is 1. The molecule has 94 valence electrons. The summed E-state index contributed by atoms with van der Waals surface area (Å²) in [5, 5.41) is 6.12. The standard InChI is InChI=1S/C15H17BrN2/c1-11-10-18(9-8-17-11)15-7-6-14(16)12-4-2-3-5-13(12)15/h2-7,11,17H,8-10H2,1H3. The van der Waals surface area contributed by atoms with Crippen molar-refractivity contribution in [2.75, 3.05) is 24.5 Å². The number of halogens is 1. The van der Waals surface area contributed by atoms with Crippen molar-refractivity contribution in [3.63, 3.8) is 0 Å². The summed E-state index contributed by atoms with van der Waals surface area (Å²) in [5.41, 5.74) is 1.35. The van der Waals surface area contributed by atoms with E-state index >= 15 is 0 Å². The smallest absolute Gasteiger partial charge is 0.0447 e. The van der Waals surface area contributed by atoms with Crippen LogP contribution in [0.2, 0.25) is 0 Å². The van der Waals surface area contributed by atoms with Gasteiger partial charge in [0, 0.05) is 41.2 Å². The van der Waals surface area contributed by atoms with Crippen LogP contribution in [0.3, 0.4) is 0 Å². The van der Waals surface area contributed by atoms with E-state index in [1.807, 2.05) is 0 Å². The minimum atomic E-state index is 0.557. The van der Waals surface area contributed by atoms with Crippen LogP contribution in [0.15, 0.2) is 40.9 Å². The fraction of sp³-hybridized carbons (Fsp3) is 0.333. The van der Waals surface area contributed by atoms with Gasteiger partial charge in [-0.1, -0.05) is 40.2 Å². The molecule has 2 aromatic carbocycles. The Kier molecular flexibility index (Phi) is 3.27. The molecule has 0 amide bonds. The van der Waals surface area contributed by atoms with Gasteiger partial charge >= 0.3 is 0 Å². The van der Waals surface area contributed by atoms with Crippen LogP contribution >= 0.6 is 15.9 Å². The third kappa shape index (κ3) is 2.13. The van der Waals surface area contributed by atoms with Crippen LogP contribution in [0.25, 0.3) is 10.8 Å². The van der Waals surface area contributed by atoms with Crippen LogP contribution in [-0.4, -0.2) is 25.7 Å². The Morgan fingerprint density at radius 1 is 1.17 bits per heavy atom. The maximum absolute atomic E-state index is 3.64. The lowest BCUT2D eigenvalue weighted by molar-refractivity contribution is 0.485. The highest BCUT2D eigenvalue weighted by atomic mass is 79.9. The SMILES string of the molecule is CC1CN(c2ccc(Br)c3ccccc23)CCN1. The molecule has 2 nitrogen and oxygen atoms in total. The predicted molar refractivity (Wildman–Crippen MR) is 81.3 cm³/mol. The molecule has 0 aromatic heterocycles. The first-order chi connectivity index (χ1) is 8.75. The van der Waals surface area contributed by atoms with Gasteiger partial charge in [-0.15, -0.1) is 0 Å². The predicted octanol–water partition coefficient (Wildman–Crippen LogP) is 3.40. The number of piperazine rings is 1. The molecule has 1 fully saturated rings. The Morgan fingerprint density at radius 2 is 1.94 bits per heavy atom. The van der Waals surface area contributed by atoms with Gasteiger partial charge in [-0.05, 0) is 24.4 Å². The van der Waals surface area contributed by atoms with Crippen molar-refractivity contribution in [3.05, 3.63) is 40.9 Å². The van der Waals surface area contributed by atoms with Crippen molar-refractivity contribution in [2.45, 2.75) is 13.0 Å². The van der Waals surface area contributed by atoms with Crippen molar-refractivity contribution in [1.82, 2.24) is 5.32 Å². The van der Waals surface area contributed by atoms with E-state index in [1.165, 1.54) is 20.9 Å². The molecule has 0 aliphatic carbocycles. The molecule has 0 spiro atoms. The summed E-state index contributed by atoms with van der Waals surface area (Å²) in [6, 6.07) is 13.5. The van der Waals surface area contributed by atoms with Gasteiger partial charge in [0.2, 0.25) is 0 Å². The molecule has 18 heavy (non-hydrogen) atoms. The minimum absolute atomic E-state index is 0.557. The number of rotatable bonds is 1. The molecule has 1 saturated heterocycles. The van der Waals surface area contributed by atoms with Gasteiger partial charge in [0.25, 0.3) is 0 Å². The van der Waals surface area contributed by atoms with Gasteiger partial charge in [-0.2, -0.15) is 0 Å². The highest BCUT2D eigenvalue weighted by molar-refractivity contribution is 9.10. The van der Waals surface area contributed by atoms with Gasteiger partial charge in [-0.3, -0.25) is 0 Å². The second-order valence-corrected chi connectivity index (χ2v) is 5.77. The quantitative estimate of drug-likeness (QED) is 0.868. The molecule has 1 aliphatic rings. The number of anilines is 1. The molecule has 0 radical (unpaired) electrons. The third-order valence-corrected chi connectivity index (χ3v) is 4.25. The molecule has 1 aliphatic heterocycles. The van der Waals surface area contributed by atoms with Crippen LogP contribution in [-0.2, 0) is 0 Å². The zero-order chi connectivity index (χ0) is 12.5. The van der Waals surface area contributed by atoms with E-state index in [0.717, 1.165) is 19.6 Å². The summed E-state index contributed by atoms with van der Waals surface area (Å²) in [7, 11) is 0. The van der Waals surface area contributed by atoms with E-state index in [2.05, 4.69) is 69.5 Å². The summed E-state index contributed by atoms with van der Waals surface area (Å²) in [5.74, 6) is 0. The first-order valence-electron chi connectivity index (χ1n) is 6.41. The number of hydrogen-bond acceptors (Lipinski definition) is 2. The second kappa shape index (κ2) is 4.90. The summed E-state index contributed by atoms with van der Waals surface area (Å²) in [4.78, 5) is 2.48. The van der Waals surface area contributed by atoms with Gasteiger partial charge in [0.15, 0.2) is 0 Å². The van der Waals surface area contributed by atoms with Crippen LogP contribution in [0, 0.1) is 0 Å². The lowest BCUT2D eigenvalue weighted by Crippen LogP contribution is -2.49.